The second-order valence-electron chi connectivity index (χ2n) is 7.82. The summed E-state index contributed by atoms with van der Waals surface area (Å²) in [5.41, 5.74) is 4.25. The maximum Gasteiger partial charge on any atom is 0.303 e. The number of rotatable bonds is 10. The van der Waals surface area contributed by atoms with E-state index in [-0.39, 0.29) is 31.1 Å². The third-order valence-corrected chi connectivity index (χ3v) is 5.83. The van der Waals surface area contributed by atoms with Crippen molar-refractivity contribution in [3.8, 4) is 0 Å². The van der Waals surface area contributed by atoms with Gasteiger partial charge in [0.1, 0.15) is 10.8 Å². The number of amides is 2. The molecule has 2 amide bonds. The van der Waals surface area contributed by atoms with Crippen LogP contribution in [0.4, 0.5) is 11.5 Å². The van der Waals surface area contributed by atoms with Crippen molar-refractivity contribution in [3.05, 3.63) is 77.1 Å². The summed E-state index contributed by atoms with van der Waals surface area (Å²) >= 11 is 1.41. The number of benzene rings is 1. The Morgan fingerprint density at radius 3 is 2.44 bits per heavy atom. The molecular weight excluding hydrogens is 452 g/mol. The topological polar surface area (TPSA) is 121 Å². The van der Waals surface area contributed by atoms with E-state index in [4.69, 9.17) is 5.11 Å². The first-order chi connectivity index (χ1) is 16.3. The largest absolute Gasteiger partial charge is 0.481 e. The molecule has 0 spiro atoms. The molecule has 0 atom stereocenters. The highest BCUT2D eigenvalue weighted by atomic mass is 32.2. The summed E-state index contributed by atoms with van der Waals surface area (Å²) in [5.74, 6) is -0.530. The minimum absolute atomic E-state index is 0.0546. The number of anilines is 2. The van der Waals surface area contributed by atoms with Crippen molar-refractivity contribution in [1.82, 2.24) is 9.97 Å². The first-order valence-electron chi connectivity index (χ1n) is 10.7. The highest BCUT2D eigenvalue weighted by Gasteiger charge is 2.14. The van der Waals surface area contributed by atoms with Crippen LogP contribution in [0.2, 0.25) is 0 Å². The molecule has 2 heterocycles. The third kappa shape index (κ3) is 7.70. The molecule has 0 saturated carbocycles. The Kier molecular flexibility index (Phi) is 8.75. The number of nitrogens with one attached hydrogen (secondary N) is 2. The van der Waals surface area contributed by atoms with Gasteiger partial charge in [0.2, 0.25) is 5.91 Å². The van der Waals surface area contributed by atoms with Crippen LogP contribution in [0.15, 0.2) is 59.9 Å². The summed E-state index contributed by atoms with van der Waals surface area (Å²) in [4.78, 5) is 44.0. The van der Waals surface area contributed by atoms with E-state index in [1.54, 1.807) is 30.6 Å². The van der Waals surface area contributed by atoms with Crippen LogP contribution in [0, 0.1) is 13.8 Å². The molecule has 3 rings (SSSR count). The molecule has 9 heteroatoms. The first kappa shape index (κ1) is 24.9. The van der Waals surface area contributed by atoms with E-state index in [1.165, 1.54) is 11.8 Å². The van der Waals surface area contributed by atoms with Crippen LogP contribution in [-0.4, -0.2) is 32.9 Å². The Labute approximate surface area is 202 Å². The molecule has 2 aromatic heterocycles. The van der Waals surface area contributed by atoms with Gasteiger partial charge in [-0.3, -0.25) is 14.4 Å². The minimum atomic E-state index is -0.929. The molecule has 0 unspecified atom stereocenters. The zero-order chi connectivity index (χ0) is 24.5. The summed E-state index contributed by atoms with van der Waals surface area (Å²) < 4.78 is 0. The molecule has 0 radical (unpaired) electrons. The van der Waals surface area contributed by atoms with Gasteiger partial charge in [0, 0.05) is 36.7 Å². The lowest BCUT2D eigenvalue weighted by Gasteiger charge is -2.11. The van der Waals surface area contributed by atoms with Crippen molar-refractivity contribution in [2.75, 3.05) is 10.6 Å². The predicted molar refractivity (Wildman–Crippen MR) is 132 cm³/mol. The van der Waals surface area contributed by atoms with Crippen LogP contribution >= 0.6 is 11.8 Å². The van der Waals surface area contributed by atoms with Gasteiger partial charge in [-0.15, -0.1) is 11.8 Å². The number of pyridine rings is 2. The quantitative estimate of drug-likeness (QED) is 0.357. The van der Waals surface area contributed by atoms with Gasteiger partial charge >= 0.3 is 5.97 Å². The molecule has 0 aliphatic rings. The smallest absolute Gasteiger partial charge is 0.303 e. The summed E-state index contributed by atoms with van der Waals surface area (Å²) in [6, 6.07) is 12.9. The standard InChI is InChI=1S/C25H26N4O4S/c1-16-11-17(2)13-19(12-16)28-24(33)20-5-4-9-27-25(20)34-15-18-8-10-26-21(14-18)29-22(30)6-3-7-23(31)32/h4-5,8-14H,3,6-7,15H2,1-2H3,(H,28,33)(H,31,32)(H,26,29,30). The maximum absolute atomic E-state index is 12.9. The van der Waals surface area contributed by atoms with Gasteiger partial charge in [-0.25, -0.2) is 9.97 Å². The van der Waals surface area contributed by atoms with Gasteiger partial charge in [0.05, 0.1) is 5.56 Å². The summed E-state index contributed by atoms with van der Waals surface area (Å²) in [6.07, 6.45) is 3.56. The van der Waals surface area contributed by atoms with E-state index in [0.717, 1.165) is 22.4 Å². The zero-order valence-electron chi connectivity index (χ0n) is 19.0. The van der Waals surface area contributed by atoms with E-state index >= 15 is 0 Å². The number of carbonyl (C=O) groups is 3. The summed E-state index contributed by atoms with van der Waals surface area (Å²) in [6.45, 7) is 3.96. The van der Waals surface area contributed by atoms with Crippen LogP contribution in [0.25, 0.3) is 0 Å². The molecule has 3 N–H and O–H groups in total. The maximum atomic E-state index is 12.9. The van der Waals surface area contributed by atoms with Crippen LogP contribution in [0.3, 0.4) is 0 Å². The average Bonchev–Trinajstić information content (AvgIpc) is 2.77. The van der Waals surface area contributed by atoms with E-state index in [1.807, 2.05) is 38.1 Å². The summed E-state index contributed by atoms with van der Waals surface area (Å²) in [5, 5.41) is 14.9. The normalized spacial score (nSPS) is 10.5. The molecule has 34 heavy (non-hydrogen) atoms. The van der Waals surface area contributed by atoms with Crippen LogP contribution in [0.1, 0.15) is 46.3 Å². The Bertz CT molecular complexity index is 1180. The Hall–Kier alpha value is -3.72. The average molecular weight is 479 g/mol. The molecule has 1 aromatic carbocycles. The van der Waals surface area contributed by atoms with Crippen molar-refractivity contribution < 1.29 is 19.5 Å². The minimum Gasteiger partial charge on any atom is -0.481 e. The fraction of sp³-hybridized carbons (Fsp3) is 0.240. The van der Waals surface area contributed by atoms with Crippen LogP contribution in [0.5, 0.6) is 0 Å². The molecular formula is C25H26N4O4S. The van der Waals surface area contributed by atoms with E-state index in [2.05, 4.69) is 20.6 Å². The Morgan fingerprint density at radius 2 is 1.71 bits per heavy atom. The fourth-order valence-corrected chi connectivity index (χ4v) is 4.25. The SMILES string of the molecule is Cc1cc(C)cc(NC(=O)c2cccnc2SCc2ccnc(NC(=O)CCCC(=O)O)c2)c1. The number of carboxylic acids is 1. The van der Waals surface area contributed by atoms with Gasteiger partial charge in [0.15, 0.2) is 0 Å². The molecule has 0 bridgehead atoms. The second kappa shape index (κ2) is 11.9. The van der Waals surface area contributed by atoms with E-state index in [0.29, 0.717) is 22.2 Å². The van der Waals surface area contributed by atoms with Crippen molar-refractivity contribution in [1.29, 1.82) is 0 Å². The van der Waals surface area contributed by atoms with E-state index in [9.17, 15) is 14.4 Å². The number of nitrogens with zero attached hydrogens (tertiary/aromatic N) is 2. The van der Waals surface area contributed by atoms with Crippen molar-refractivity contribution >= 4 is 41.1 Å². The number of aromatic nitrogens is 2. The lowest BCUT2D eigenvalue weighted by atomic mass is 10.1. The third-order valence-electron chi connectivity index (χ3n) is 4.76. The van der Waals surface area contributed by atoms with Crippen molar-refractivity contribution in [2.45, 2.75) is 43.9 Å². The van der Waals surface area contributed by atoms with E-state index < -0.39 is 5.97 Å². The number of hydrogen-bond donors (Lipinski definition) is 3. The number of carbonyl (C=O) groups excluding carboxylic acids is 2. The lowest BCUT2D eigenvalue weighted by Crippen LogP contribution is -2.14. The molecule has 0 aliphatic heterocycles. The second-order valence-corrected chi connectivity index (χ2v) is 8.78. The number of carboxylic acid groups (broad SMARTS) is 1. The van der Waals surface area contributed by atoms with Gasteiger partial charge in [-0.2, -0.15) is 0 Å². The Balaban J connectivity index is 1.63. The Morgan fingerprint density at radius 1 is 0.941 bits per heavy atom. The first-order valence-corrected chi connectivity index (χ1v) is 11.7. The molecule has 0 fully saturated rings. The predicted octanol–water partition coefficient (Wildman–Crippen LogP) is 4.83. The number of aliphatic carboxylic acids is 1. The van der Waals surface area contributed by atoms with Crippen molar-refractivity contribution in [2.24, 2.45) is 0 Å². The summed E-state index contributed by atoms with van der Waals surface area (Å²) in [7, 11) is 0. The highest BCUT2D eigenvalue weighted by molar-refractivity contribution is 7.98. The van der Waals surface area contributed by atoms with Gasteiger partial charge in [-0.05, 0) is 73.4 Å². The molecule has 0 saturated heterocycles. The number of aryl methyl sites for hydroxylation is 2. The molecule has 0 aliphatic carbocycles. The van der Waals surface area contributed by atoms with Gasteiger partial charge in [-0.1, -0.05) is 6.07 Å². The monoisotopic (exact) mass is 478 g/mol. The zero-order valence-corrected chi connectivity index (χ0v) is 19.8. The lowest BCUT2D eigenvalue weighted by molar-refractivity contribution is -0.137. The molecule has 8 nitrogen and oxygen atoms in total. The number of hydrogen-bond acceptors (Lipinski definition) is 6. The van der Waals surface area contributed by atoms with Gasteiger partial charge in [0.25, 0.3) is 5.91 Å². The fourth-order valence-electron chi connectivity index (χ4n) is 3.31. The molecule has 176 valence electrons. The molecule has 3 aromatic rings. The van der Waals surface area contributed by atoms with Crippen LogP contribution in [-0.2, 0) is 15.3 Å². The highest BCUT2D eigenvalue weighted by Crippen LogP contribution is 2.26. The number of thioether (sulfide) groups is 1. The van der Waals surface area contributed by atoms with Crippen LogP contribution < -0.4 is 10.6 Å². The van der Waals surface area contributed by atoms with Gasteiger partial charge < -0.3 is 15.7 Å². The van der Waals surface area contributed by atoms with Crippen molar-refractivity contribution in [3.63, 3.8) is 0 Å².